The van der Waals surface area contributed by atoms with Gasteiger partial charge in [-0.25, -0.2) is 0 Å². The lowest BCUT2D eigenvalue weighted by atomic mass is 10.2. The average Bonchev–Trinajstić information content (AvgIpc) is 2.64. The highest BCUT2D eigenvalue weighted by molar-refractivity contribution is 14.1. The zero-order valence-corrected chi connectivity index (χ0v) is 10.8. The van der Waals surface area contributed by atoms with Crippen LogP contribution in [0.4, 0.5) is 5.69 Å². The van der Waals surface area contributed by atoms with Gasteiger partial charge in [-0.05, 0) is 53.8 Å². The summed E-state index contributed by atoms with van der Waals surface area (Å²) in [5.74, 6) is 0.142. The lowest BCUT2D eigenvalue weighted by Gasteiger charge is -2.03. The van der Waals surface area contributed by atoms with Crippen molar-refractivity contribution in [3.05, 3.63) is 51.5 Å². The molecule has 0 unspecified atom stereocenters. The summed E-state index contributed by atoms with van der Waals surface area (Å²) in [7, 11) is 0. The zero-order valence-electron chi connectivity index (χ0n) is 8.66. The zero-order chi connectivity index (χ0) is 11.5. The first-order chi connectivity index (χ1) is 7.66. The Balaban J connectivity index is 2.17. The maximum absolute atomic E-state index is 11.8. The fourth-order valence-electron chi connectivity index (χ4n) is 1.36. The van der Waals surface area contributed by atoms with Crippen LogP contribution >= 0.6 is 22.6 Å². The quantitative estimate of drug-likeness (QED) is 0.859. The van der Waals surface area contributed by atoms with Gasteiger partial charge in [0.05, 0.1) is 6.26 Å². The molecule has 0 saturated heterocycles. The van der Waals surface area contributed by atoms with Gasteiger partial charge in [-0.2, -0.15) is 0 Å². The van der Waals surface area contributed by atoms with Gasteiger partial charge in [0, 0.05) is 14.8 Å². The number of hydrogen-bond donors (Lipinski definition) is 1. The van der Waals surface area contributed by atoms with Crippen molar-refractivity contribution in [3.8, 4) is 0 Å². The molecule has 4 heteroatoms. The normalized spacial score (nSPS) is 10.1. The Morgan fingerprint density at radius 2 is 2.19 bits per heavy atom. The molecule has 0 radical (unpaired) electrons. The van der Waals surface area contributed by atoms with E-state index in [1.807, 2.05) is 31.2 Å². The summed E-state index contributed by atoms with van der Waals surface area (Å²) >= 11 is 2.20. The molecule has 1 aromatic heterocycles. The van der Waals surface area contributed by atoms with Crippen LogP contribution in [0.15, 0.2) is 41.0 Å². The predicted molar refractivity (Wildman–Crippen MR) is 70.6 cm³/mol. The Hall–Kier alpha value is -1.30. The SMILES string of the molecule is Cc1ccoc1C(=O)Nc1cccc(I)c1. The maximum atomic E-state index is 11.8. The van der Waals surface area contributed by atoms with Gasteiger partial charge in [0.25, 0.3) is 5.91 Å². The molecule has 1 amide bonds. The molecule has 1 heterocycles. The fraction of sp³-hybridized carbons (Fsp3) is 0.0833. The summed E-state index contributed by atoms with van der Waals surface area (Å²) in [5.41, 5.74) is 1.61. The molecule has 0 bridgehead atoms. The monoisotopic (exact) mass is 327 g/mol. The molecule has 0 spiro atoms. The van der Waals surface area contributed by atoms with Crippen molar-refractivity contribution in [2.24, 2.45) is 0 Å². The van der Waals surface area contributed by atoms with Gasteiger partial charge in [0.2, 0.25) is 0 Å². The summed E-state index contributed by atoms with van der Waals surface area (Å²) in [4.78, 5) is 11.8. The van der Waals surface area contributed by atoms with Crippen LogP contribution in [0, 0.1) is 10.5 Å². The predicted octanol–water partition coefficient (Wildman–Crippen LogP) is 3.44. The molecule has 1 N–H and O–H groups in total. The van der Waals surface area contributed by atoms with Crippen molar-refractivity contribution in [1.29, 1.82) is 0 Å². The van der Waals surface area contributed by atoms with Crippen molar-refractivity contribution in [1.82, 2.24) is 0 Å². The number of amides is 1. The Kier molecular flexibility index (Phi) is 3.28. The Labute approximate surface area is 107 Å². The average molecular weight is 327 g/mol. The number of hydrogen-bond acceptors (Lipinski definition) is 2. The van der Waals surface area contributed by atoms with Crippen LogP contribution in [-0.4, -0.2) is 5.91 Å². The molecule has 0 aliphatic heterocycles. The Morgan fingerprint density at radius 1 is 1.38 bits per heavy atom. The first-order valence-corrected chi connectivity index (χ1v) is 5.86. The third kappa shape index (κ3) is 2.44. The van der Waals surface area contributed by atoms with Gasteiger partial charge < -0.3 is 9.73 Å². The van der Waals surface area contributed by atoms with Gasteiger partial charge in [-0.1, -0.05) is 6.07 Å². The topological polar surface area (TPSA) is 42.2 Å². The number of halogens is 1. The largest absolute Gasteiger partial charge is 0.459 e. The van der Waals surface area contributed by atoms with Gasteiger partial charge >= 0.3 is 0 Å². The van der Waals surface area contributed by atoms with Gasteiger partial charge in [-0.15, -0.1) is 0 Å². The van der Waals surface area contributed by atoms with E-state index in [0.29, 0.717) is 5.76 Å². The smallest absolute Gasteiger partial charge is 0.291 e. The minimum absolute atomic E-state index is 0.218. The summed E-state index contributed by atoms with van der Waals surface area (Å²) in [6.45, 7) is 1.84. The van der Waals surface area contributed by atoms with Crippen molar-refractivity contribution in [2.75, 3.05) is 5.32 Å². The molecule has 82 valence electrons. The van der Waals surface area contributed by atoms with Crippen molar-refractivity contribution < 1.29 is 9.21 Å². The van der Waals surface area contributed by atoms with Gasteiger partial charge in [-0.3, -0.25) is 4.79 Å². The van der Waals surface area contributed by atoms with E-state index in [2.05, 4.69) is 27.9 Å². The van der Waals surface area contributed by atoms with Crippen LogP contribution in [0.1, 0.15) is 16.1 Å². The van der Waals surface area contributed by atoms with Crippen LogP contribution in [-0.2, 0) is 0 Å². The lowest BCUT2D eigenvalue weighted by molar-refractivity contribution is 0.0996. The van der Waals surface area contributed by atoms with Crippen LogP contribution in [0.2, 0.25) is 0 Å². The van der Waals surface area contributed by atoms with E-state index in [0.717, 1.165) is 14.8 Å². The van der Waals surface area contributed by atoms with Crippen molar-refractivity contribution in [2.45, 2.75) is 6.92 Å². The summed E-state index contributed by atoms with van der Waals surface area (Å²) < 4.78 is 6.19. The van der Waals surface area contributed by atoms with Crippen LogP contribution in [0.25, 0.3) is 0 Å². The first kappa shape index (κ1) is 11.2. The second kappa shape index (κ2) is 4.69. The molecule has 0 aliphatic rings. The van der Waals surface area contributed by atoms with E-state index < -0.39 is 0 Å². The third-order valence-corrected chi connectivity index (χ3v) is 2.82. The molecular weight excluding hydrogens is 317 g/mol. The molecule has 0 fully saturated rings. The molecule has 2 aromatic rings. The summed E-state index contributed by atoms with van der Waals surface area (Å²) in [6, 6.07) is 9.37. The third-order valence-electron chi connectivity index (χ3n) is 2.15. The van der Waals surface area contributed by atoms with E-state index >= 15 is 0 Å². The number of nitrogens with one attached hydrogen (secondary N) is 1. The minimum Gasteiger partial charge on any atom is -0.459 e. The number of benzene rings is 1. The maximum Gasteiger partial charge on any atom is 0.291 e. The number of aryl methyl sites for hydroxylation is 1. The van der Waals surface area contributed by atoms with E-state index in [4.69, 9.17) is 4.42 Å². The molecule has 1 aromatic carbocycles. The van der Waals surface area contributed by atoms with E-state index in [9.17, 15) is 4.79 Å². The van der Waals surface area contributed by atoms with E-state index in [1.165, 1.54) is 6.26 Å². The molecule has 0 aliphatic carbocycles. The highest BCUT2D eigenvalue weighted by Crippen LogP contribution is 2.15. The Bertz CT molecular complexity index is 519. The molecule has 3 nitrogen and oxygen atoms in total. The van der Waals surface area contributed by atoms with Crippen LogP contribution < -0.4 is 5.32 Å². The Morgan fingerprint density at radius 3 is 2.81 bits per heavy atom. The number of furan rings is 1. The number of rotatable bonds is 2. The second-order valence-corrected chi connectivity index (χ2v) is 4.64. The number of carbonyl (C=O) groups excluding carboxylic acids is 1. The van der Waals surface area contributed by atoms with Crippen LogP contribution in [0.5, 0.6) is 0 Å². The van der Waals surface area contributed by atoms with E-state index in [1.54, 1.807) is 6.07 Å². The molecule has 0 saturated carbocycles. The molecule has 16 heavy (non-hydrogen) atoms. The van der Waals surface area contributed by atoms with Crippen LogP contribution in [0.3, 0.4) is 0 Å². The van der Waals surface area contributed by atoms with Gasteiger partial charge in [0.15, 0.2) is 5.76 Å². The minimum atomic E-state index is -0.218. The standard InChI is InChI=1S/C12H10INO2/c1-8-5-6-16-11(8)12(15)14-10-4-2-3-9(13)7-10/h2-7H,1H3,(H,14,15). The summed E-state index contributed by atoms with van der Waals surface area (Å²) in [6.07, 6.45) is 1.51. The van der Waals surface area contributed by atoms with Crippen molar-refractivity contribution in [3.63, 3.8) is 0 Å². The number of carbonyl (C=O) groups is 1. The first-order valence-electron chi connectivity index (χ1n) is 4.78. The lowest BCUT2D eigenvalue weighted by Crippen LogP contribution is -2.12. The van der Waals surface area contributed by atoms with Gasteiger partial charge in [0.1, 0.15) is 0 Å². The highest BCUT2D eigenvalue weighted by atomic mass is 127. The fourth-order valence-corrected chi connectivity index (χ4v) is 1.90. The summed E-state index contributed by atoms with van der Waals surface area (Å²) in [5, 5.41) is 2.79. The highest BCUT2D eigenvalue weighted by Gasteiger charge is 2.12. The van der Waals surface area contributed by atoms with E-state index in [-0.39, 0.29) is 5.91 Å². The molecule has 2 rings (SSSR count). The number of anilines is 1. The molecule has 0 atom stereocenters. The molecular formula is C12H10INO2. The second-order valence-electron chi connectivity index (χ2n) is 3.40. The van der Waals surface area contributed by atoms with Crippen molar-refractivity contribution >= 4 is 34.2 Å².